The van der Waals surface area contributed by atoms with Gasteiger partial charge in [0, 0.05) is 6.42 Å². The van der Waals surface area contributed by atoms with Gasteiger partial charge in [-0.25, -0.2) is 0 Å². The second-order valence-corrected chi connectivity index (χ2v) is 3.36. The van der Waals surface area contributed by atoms with Gasteiger partial charge >= 0.3 is 0 Å². The van der Waals surface area contributed by atoms with E-state index in [1.54, 1.807) is 24.3 Å². The fourth-order valence-electron chi connectivity index (χ4n) is 1.46. The van der Waals surface area contributed by atoms with Gasteiger partial charge in [-0.2, -0.15) is 5.26 Å². The average Bonchev–Trinajstić information content (AvgIpc) is 2.31. The molecule has 0 fully saturated rings. The molecule has 0 bridgehead atoms. The predicted octanol–water partition coefficient (Wildman–Crippen LogP) is -0.0360. The van der Waals surface area contributed by atoms with Crippen LogP contribution >= 0.6 is 0 Å². The zero-order valence-electron chi connectivity index (χ0n) is 8.96. The second kappa shape index (κ2) is 6.16. The van der Waals surface area contributed by atoms with Crippen molar-refractivity contribution in [3.63, 3.8) is 0 Å². The predicted molar refractivity (Wildman–Crippen MR) is 55.5 cm³/mol. The van der Waals surface area contributed by atoms with Crippen molar-refractivity contribution < 1.29 is 9.90 Å². The summed E-state index contributed by atoms with van der Waals surface area (Å²) in [5, 5.41) is 22.7. The summed E-state index contributed by atoms with van der Waals surface area (Å²) in [4.78, 5) is 13.5. The van der Waals surface area contributed by atoms with Crippen LogP contribution in [-0.2, 0) is 17.6 Å². The van der Waals surface area contributed by atoms with E-state index in [1.807, 2.05) is 6.07 Å². The number of hydrogen-bond donors (Lipinski definition) is 1. The fraction of sp³-hybridized carbons (Fsp3) is 0.273. The van der Waals surface area contributed by atoms with E-state index in [2.05, 4.69) is 10.0 Å². The van der Waals surface area contributed by atoms with E-state index >= 15 is 0 Å². The Balaban J connectivity index is 2.97. The van der Waals surface area contributed by atoms with Crippen LogP contribution in [0.3, 0.4) is 0 Å². The Hall–Kier alpha value is -2.51. The van der Waals surface area contributed by atoms with E-state index in [0.29, 0.717) is 5.56 Å². The average molecular weight is 230 g/mol. The molecule has 0 spiro atoms. The highest BCUT2D eigenvalue weighted by Crippen LogP contribution is 2.12. The smallest absolute Gasteiger partial charge is 0.214 e. The zero-order chi connectivity index (χ0) is 12.7. The van der Waals surface area contributed by atoms with Crippen LogP contribution in [0.15, 0.2) is 29.4 Å². The molecule has 86 valence electrons. The SMILES string of the molecule is N#CCc1ccccc1CC(N=[N+]=N)C(=O)[O-]. The molecule has 0 radical (unpaired) electrons. The maximum absolute atomic E-state index is 10.7. The first-order valence-corrected chi connectivity index (χ1v) is 4.90. The summed E-state index contributed by atoms with van der Waals surface area (Å²) in [5.74, 6) is -1.38. The Morgan fingerprint density at radius 2 is 2.18 bits per heavy atom. The van der Waals surface area contributed by atoms with Crippen molar-refractivity contribution in [1.29, 1.82) is 10.8 Å². The highest BCUT2D eigenvalue weighted by molar-refractivity contribution is 5.71. The molecule has 0 aliphatic carbocycles. The maximum atomic E-state index is 10.7. The number of nitriles is 1. The van der Waals surface area contributed by atoms with Crippen molar-refractivity contribution in [3.8, 4) is 6.07 Å². The number of aliphatic carboxylic acids is 1. The molecular formula is C11H10N4O2. The minimum Gasteiger partial charge on any atom is -0.548 e. The van der Waals surface area contributed by atoms with Crippen LogP contribution in [0.2, 0.25) is 0 Å². The van der Waals surface area contributed by atoms with Gasteiger partial charge in [-0.15, -0.1) is 0 Å². The van der Waals surface area contributed by atoms with Crippen LogP contribution < -0.4 is 10.0 Å². The topological polar surface area (TPSA) is 114 Å². The molecular weight excluding hydrogens is 220 g/mol. The van der Waals surface area contributed by atoms with Crippen LogP contribution in [0.1, 0.15) is 11.1 Å². The molecule has 0 aliphatic rings. The second-order valence-electron chi connectivity index (χ2n) is 3.36. The summed E-state index contributed by atoms with van der Waals surface area (Å²) in [6, 6.07) is 7.82. The van der Waals surface area contributed by atoms with Gasteiger partial charge in [-0.3, -0.25) is 0 Å². The van der Waals surface area contributed by atoms with Crippen LogP contribution in [0.4, 0.5) is 0 Å². The van der Waals surface area contributed by atoms with Crippen LogP contribution in [-0.4, -0.2) is 12.0 Å². The lowest BCUT2D eigenvalue weighted by Crippen LogP contribution is -2.36. The Labute approximate surface area is 97.7 Å². The van der Waals surface area contributed by atoms with Crippen molar-refractivity contribution >= 4 is 5.97 Å². The lowest BCUT2D eigenvalue weighted by molar-refractivity contribution is -0.307. The largest absolute Gasteiger partial charge is 0.548 e. The molecule has 0 aromatic heterocycles. The summed E-state index contributed by atoms with van der Waals surface area (Å²) in [6.45, 7) is 0. The van der Waals surface area contributed by atoms with E-state index in [-0.39, 0.29) is 12.8 Å². The standard InChI is InChI=1S/C11H10N4O2/c12-6-5-8-3-1-2-4-9(8)7-10(11(16)17)14-15-13/h1-4,10,13H,5,7H2. The monoisotopic (exact) mass is 230 g/mol. The third kappa shape index (κ3) is 3.52. The summed E-state index contributed by atoms with van der Waals surface area (Å²) in [6.07, 6.45) is 0.274. The summed E-state index contributed by atoms with van der Waals surface area (Å²) < 4.78 is 0. The maximum Gasteiger partial charge on any atom is 0.214 e. The number of nitrogens with zero attached hydrogens (tertiary/aromatic N) is 3. The first kappa shape index (κ1) is 12.6. The van der Waals surface area contributed by atoms with Gasteiger partial charge in [0.25, 0.3) is 0 Å². The van der Waals surface area contributed by atoms with Crippen molar-refractivity contribution in [2.75, 3.05) is 0 Å². The minimum atomic E-state index is -1.38. The quantitative estimate of drug-likeness (QED) is 0.565. The molecule has 1 aromatic rings. The van der Waals surface area contributed by atoms with Crippen LogP contribution in [0, 0.1) is 16.9 Å². The van der Waals surface area contributed by atoms with Gasteiger partial charge in [-0.05, 0) is 11.1 Å². The Bertz CT molecular complexity index is 498. The summed E-state index contributed by atoms with van der Waals surface area (Å²) >= 11 is 0. The Morgan fingerprint density at radius 3 is 2.71 bits per heavy atom. The minimum absolute atomic E-state index is 0.0720. The number of nitrogens with one attached hydrogen (secondary N) is 1. The number of rotatable bonds is 5. The molecule has 17 heavy (non-hydrogen) atoms. The van der Waals surface area contributed by atoms with Crippen LogP contribution in [0.5, 0.6) is 0 Å². The normalized spacial score (nSPS) is 11.0. The van der Waals surface area contributed by atoms with E-state index in [1.165, 1.54) is 0 Å². The Kier molecular flexibility index (Phi) is 4.55. The first-order valence-electron chi connectivity index (χ1n) is 4.90. The molecule has 0 saturated carbocycles. The molecule has 1 atom stereocenters. The third-order valence-corrected chi connectivity index (χ3v) is 2.27. The number of carboxylic acids is 1. The number of carbonyl (C=O) groups excluding carboxylic acids is 1. The molecule has 1 rings (SSSR count). The fourth-order valence-corrected chi connectivity index (χ4v) is 1.46. The van der Waals surface area contributed by atoms with Gasteiger partial charge < -0.3 is 9.90 Å². The molecule has 0 amide bonds. The van der Waals surface area contributed by atoms with E-state index in [4.69, 9.17) is 10.8 Å². The summed E-state index contributed by atoms with van der Waals surface area (Å²) in [5.41, 5.74) is 8.00. The molecule has 6 nitrogen and oxygen atoms in total. The van der Waals surface area contributed by atoms with Crippen LogP contribution in [0.25, 0.3) is 0 Å². The highest BCUT2D eigenvalue weighted by Gasteiger charge is 2.16. The van der Waals surface area contributed by atoms with Crippen molar-refractivity contribution in [2.24, 2.45) is 5.11 Å². The molecule has 1 N–H and O–H groups in total. The molecule has 6 heteroatoms. The van der Waals surface area contributed by atoms with Crippen molar-refractivity contribution in [2.45, 2.75) is 18.9 Å². The number of hydrogen-bond acceptors (Lipinski definition) is 5. The zero-order valence-corrected chi connectivity index (χ0v) is 8.96. The molecule has 0 heterocycles. The molecule has 0 aliphatic heterocycles. The lowest BCUT2D eigenvalue weighted by atomic mass is 9.99. The van der Waals surface area contributed by atoms with Gasteiger partial charge in [-0.1, -0.05) is 24.3 Å². The van der Waals surface area contributed by atoms with Gasteiger partial charge in [0.15, 0.2) is 6.04 Å². The van der Waals surface area contributed by atoms with Gasteiger partial charge in [0.05, 0.1) is 18.5 Å². The van der Waals surface area contributed by atoms with E-state index in [0.717, 1.165) is 5.56 Å². The molecule has 0 saturated heterocycles. The van der Waals surface area contributed by atoms with Gasteiger partial charge in [0.2, 0.25) is 4.91 Å². The number of carbonyl (C=O) groups is 1. The highest BCUT2D eigenvalue weighted by atomic mass is 16.4. The van der Waals surface area contributed by atoms with Crippen molar-refractivity contribution in [3.05, 3.63) is 35.4 Å². The third-order valence-electron chi connectivity index (χ3n) is 2.27. The number of carboxylic acid groups (broad SMARTS) is 1. The number of benzene rings is 1. The molecule has 1 aromatic carbocycles. The first-order chi connectivity index (χ1) is 8.19. The van der Waals surface area contributed by atoms with E-state index < -0.39 is 12.0 Å². The summed E-state index contributed by atoms with van der Waals surface area (Å²) in [7, 11) is 0. The van der Waals surface area contributed by atoms with Crippen molar-refractivity contribution in [1.82, 2.24) is 4.91 Å². The molecule has 1 unspecified atom stereocenters. The lowest BCUT2D eigenvalue weighted by Gasteiger charge is -2.10. The van der Waals surface area contributed by atoms with E-state index in [9.17, 15) is 9.90 Å². The van der Waals surface area contributed by atoms with Gasteiger partial charge in [0.1, 0.15) is 10.6 Å². The Morgan fingerprint density at radius 1 is 1.53 bits per heavy atom.